The summed E-state index contributed by atoms with van der Waals surface area (Å²) in [7, 11) is 0. The van der Waals surface area contributed by atoms with Gasteiger partial charge in [0.05, 0.1) is 22.4 Å². The molecule has 36 heavy (non-hydrogen) atoms. The van der Waals surface area contributed by atoms with Crippen molar-refractivity contribution < 1.29 is 0 Å². The SMILES string of the molecule is c1ccc(-c2cncc(-c3ccc4ccc5ccc(-c6ccc7ccccc7c6)nc5c4n3)c2)cc1. The van der Waals surface area contributed by atoms with E-state index in [9.17, 15) is 0 Å². The van der Waals surface area contributed by atoms with Gasteiger partial charge < -0.3 is 0 Å². The number of rotatable bonds is 3. The maximum atomic E-state index is 5.10. The summed E-state index contributed by atoms with van der Waals surface area (Å²) in [5.41, 5.74) is 7.94. The minimum atomic E-state index is 0.887. The molecule has 0 fully saturated rings. The zero-order chi connectivity index (χ0) is 23.9. The van der Waals surface area contributed by atoms with Crippen molar-refractivity contribution in [2.45, 2.75) is 0 Å². The molecule has 7 aromatic rings. The second-order valence-corrected chi connectivity index (χ2v) is 8.99. The molecular formula is C33H21N3. The molecule has 168 valence electrons. The Hall–Kier alpha value is -4.89. The lowest BCUT2D eigenvalue weighted by molar-refractivity contribution is 1.30. The third-order valence-electron chi connectivity index (χ3n) is 6.71. The predicted octanol–water partition coefficient (Wildman–Crippen LogP) is 8.33. The molecule has 0 unspecified atom stereocenters. The third kappa shape index (κ3) is 3.58. The summed E-state index contributed by atoms with van der Waals surface area (Å²) in [5, 5.41) is 4.58. The average molecular weight is 460 g/mol. The topological polar surface area (TPSA) is 38.7 Å². The van der Waals surface area contributed by atoms with Crippen LogP contribution >= 0.6 is 0 Å². The molecule has 0 saturated carbocycles. The predicted molar refractivity (Wildman–Crippen MR) is 149 cm³/mol. The fraction of sp³-hybridized carbons (Fsp3) is 0. The lowest BCUT2D eigenvalue weighted by Crippen LogP contribution is -1.92. The van der Waals surface area contributed by atoms with Crippen LogP contribution in [-0.2, 0) is 0 Å². The number of hydrogen-bond acceptors (Lipinski definition) is 3. The summed E-state index contributed by atoms with van der Waals surface area (Å²) in [4.78, 5) is 14.7. The first-order chi connectivity index (χ1) is 17.8. The molecule has 3 heterocycles. The van der Waals surface area contributed by atoms with Crippen molar-refractivity contribution in [2.24, 2.45) is 0 Å². The Morgan fingerprint density at radius 2 is 0.944 bits per heavy atom. The maximum absolute atomic E-state index is 5.10. The first-order valence-electron chi connectivity index (χ1n) is 12.0. The summed E-state index contributed by atoms with van der Waals surface area (Å²) in [6.45, 7) is 0. The van der Waals surface area contributed by atoms with Crippen LogP contribution in [0.3, 0.4) is 0 Å². The van der Waals surface area contributed by atoms with Gasteiger partial charge in [0.25, 0.3) is 0 Å². The largest absolute Gasteiger partial charge is 0.263 e. The molecule has 0 spiro atoms. The molecular weight excluding hydrogens is 438 g/mol. The molecule has 0 N–H and O–H groups in total. The second-order valence-electron chi connectivity index (χ2n) is 8.99. The number of benzene rings is 4. The van der Waals surface area contributed by atoms with Gasteiger partial charge in [-0.25, -0.2) is 9.97 Å². The molecule has 0 aliphatic heterocycles. The molecule has 0 saturated heterocycles. The molecule has 3 heteroatoms. The summed E-state index contributed by atoms with van der Waals surface area (Å²) in [6.07, 6.45) is 3.77. The molecule has 0 radical (unpaired) electrons. The van der Waals surface area contributed by atoms with Gasteiger partial charge >= 0.3 is 0 Å². The van der Waals surface area contributed by atoms with Gasteiger partial charge in [-0.2, -0.15) is 0 Å². The van der Waals surface area contributed by atoms with E-state index in [0.29, 0.717) is 0 Å². The van der Waals surface area contributed by atoms with E-state index in [4.69, 9.17) is 9.97 Å². The molecule has 3 aromatic heterocycles. The molecule has 0 atom stereocenters. The number of hydrogen-bond donors (Lipinski definition) is 0. The fourth-order valence-corrected chi connectivity index (χ4v) is 4.81. The lowest BCUT2D eigenvalue weighted by atomic mass is 10.0. The van der Waals surface area contributed by atoms with E-state index in [1.807, 2.05) is 30.6 Å². The monoisotopic (exact) mass is 459 g/mol. The van der Waals surface area contributed by atoms with Gasteiger partial charge in [-0.05, 0) is 40.6 Å². The minimum absolute atomic E-state index is 0.887. The number of aromatic nitrogens is 3. The maximum Gasteiger partial charge on any atom is 0.0972 e. The van der Waals surface area contributed by atoms with Gasteiger partial charge in [-0.15, -0.1) is 0 Å². The van der Waals surface area contributed by atoms with Crippen LogP contribution in [0.1, 0.15) is 0 Å². The summed E-state index contributed by atoms with van der Waals surface area (Å²) < 4.78 is 0. The van der Waals surface area contributed by atoms with E-state index in [-0.39, 0.29) is 0 Å². The van der Waals surface area contributed by atoms with Crippen LogP contribution in [-0.4, -0.2) is 15.0 Å². The van der Waals surface area contributed by atoms with E-state index in [1.54, 1.807) is 0 Å². The zero-order valence-electron chi connectivity index (χ0n) is 19.5. The Bertz CT molecular complexity index is 1890. The smallest absolute Gasteiger partial charge is 0.0972 e. The van der Waals surface area contributed by atoms with Crippen molar-refractivity contribution in [2.75, 3.05) is 0 Å². The van der Waals surface area contributed by atoms with Crippen LogP contribution < -0.4 is 0 Å². The van der Waals surface area contributed by atoms with Crippen molar-refractivity contribution >= 4 is 32.6 Å². The van der Waals surface area contributed by atoms with Crippen molar-refractivity contribution in [1.29, 1.82) is 0 Å². The Labute approximate surface area is 208 Å². The van der Waals surface area contributed by atoms with Crippen LogP contribution in [0.2, 0.25) is 0 Å². The normalized spacial score (nSPS) is 11.3. The molecule has 3 nitrogen and oxygen atoms in total. The zero-order valence-corrected chi connectivity index (χ0v) is 19.5. The molecule has 0 aliphatic rings. The first-order valence-corrected chi connectivity index (χ1v) is 12.0. The molecule has 0 amide bonds. The van der Waals surface area contributed by atoms with Crippen LogP contribution in [0.15, 0.2) is 128 Å². The third-order valence-corrected chi connectivity index (χ3v) is 6.71. The van der Waals surface area contributed by atoms with E-state index < -0.39 is 0 Å². The van der Waals surface area contributed by atoms with Crippen LogP contribution in [0.25, 0.3) is 66.2 Å². The second kappa shape index (κ2) is 8.40. The van der Waals surface area contributed by atoms with E-state index in [1.165, 1.54) is 10.8 Å². The highest BCUT2D eigenvalue weighted by molar-refractivity contribution is 6.04. The lowest BCUT2D eigenvalue weighted by Gasteiger charge is -2.09. The van der Waals surface area contributed by atoms with Crippen LogP contribution in [0.5, 0.6) is 0 Å². The van der Waals surface area contributed by atoms with Crippen molar-refractivity contribution in [3.8, 4) is 33.6 Å². The minimum Gasteiger partial charge on any atom is -0.263 e. The van der Waals surface area contributed by atoms with Crippen molar-refractivity contribution in [1.82, 2.24) is 15.0 Å². The summed E-state index contributed by atoms with van der Waals surface area (Å²) >= 11 is 0. The van der Waals surface area contributed by atoms with Crippen LogP contribution in [0.4, 0.5) is 0 Å². The Morgan fingerprint density at radius 3 is 1.69 bits per heavy atom. The number of pyridine rings is 3. The highest BCUT2D eigenvalue weighted by atomic mass is 14.8. The van der Waals surface area contributed by atoms with Crippen molar-refractivity contribution in [3.05, 3.63) is 128 Å². The highest BCUT2D eigenvalue weighted by Gasteiger charge is 2.10. The molecule has 0 aliphatic carbocycles. The number of fused-ring (bicyclic) bond motifs is 4. The highest BCUT2D eigenvalue weighted by Crippen LogP contribution is 2.30. The molecule has 7 rings (SSSR count). The van der Waals surface area contributed by atoms with Crippen molar-refractivity contribution in [3.63, 3.8) is 0 Å². The van der Waals surface area contributed by atoms with E-state index >= 15 is 0 Å². The Morgan fingerprint density at radius 1 is 0.361 bits per heavy atom. The van der Waals surface area contributed by atoms with Gasteiger partial charge in [0.1, 0.15) is 0 Å². The summed E-state index contributed by atoms with van der Waals surface area (Å²) in [6, 6.07) is 40.0. The van der Waals surface area contributed by atoms with Gasteiger partial charge in [-0.1, -0.05) is 91.0 Å². The molecule has 0 bridgehead atoms. The van der Waals surface area contributed by atoms with Gasteiger partial charge in [0.2, 0.25) is 0 Å². The average Bonchev–Trinajstić information content (AvgIpc) is 2.97. The quantitative estimate of drug-likeness (QED) is 0.249. The number of nitrogens with zero attached hydrogens (tertiary/aromatic N) is 3. The van der Waals surface area contributed by atoms with E-state index in [0.717, 1.165) is 55.4 Å². The van der Waals surface area contributed by atoms with E-state index in [2.05, 4.69) is 102 Å². The fourth-order valence-electron chi connectivity index (χ4n) is 4.81. The molecule has 4 aromatic carbocycles. The van der Waals surface area contributed by atoms with Gasteiger partial charge in [-0.3, -0.25) is 4.98 Å². The van der Waals surface area contributed by atoms with Crippen LogP contribution in [0, 0.1) is 0 Å². The van der Waals surface area contributed by atoms with Gasteiger partial charge in [0, 0.05) is 39.9 Å². The first kappa shape index (κ1) is 20.5. The summed E-state index contributed by atoms with van der Waals surface area (Å²) in [5.74, 6) is 0. The van der Waals surface area contributed by atoms with Gasteiger partial charge in [0.15, 0.2) is 0 Å². The standard InChI is InChI=1S/C33H21N3/c1-2-6-22(7-3-1)28-19-29(21-34-20-28)31-17-15-25-12-11-24-14-16-30(35-32(24)33(25)36-31)27-13-10-23-8-4-5-9-26(23)18-27/h1-21H. The Kier molecular flexibility index (Phi) is 4.78. The Balaban J connectivity index is 1.37.